The second kappa shape index (κ2) is 22.3. The van der Waals surface area contributed by atoms with Gasteiger partial charge < -0.3 is 30.7 Å². The highest BCUT2D eigenvalue weighted by Crippen LogP contribution is 2.20. The van der Waals surface area contributed by atoms with E-state index in [1.165, 1.54) is 19.6 Å². The lowest BCUT2D eigenvalue weighted by Gasteiger charge is -2.30. The number of nitrogens with one attached hydrogen (secondary N) is 3. The summed E-state index contributed by atoms with van der Waals surface area (Å²) >= 11 is 0. The van der Waals surface area contributed by atoms with Gasteiger partial charge in [-0.05, 0) is 113 Å². The van der Waals surface area contributed by atoms with E-state index in [1.54, 1.807) is 0 Å². The number of alkyl carbamates (subject to hydrolysis) is 2. The van der Waals surface area contributed by atoms with Gasteiger partial charge in [0.1, 0.15) is 11.2 Å². The zero-order valence-electron chi connectivity index (χ0n) is 30.1. The first-order valence-electron chi connectivity index (χ1n) is 16.1. The predicted octanol–water partition coefficient (Wildman–Crippen LogP) is 4.69. The third kappa shape index (κ3) is 32.5. The Labute approximate surface area is 284 Å². The second-order valence-electron chi connectivity index (χ2n) is 13.6. The molecule has 16 heteroatoms. The average Bonchev–Trinajstić information content (AvgIpc) is 2.84. The lowest BCUT2D eigenvalue weighted by molar-refractivity contribution is 0.0479. The third-order valence-electron chi connectivity index (χ3n) is 6.66. The molecule has 276 valence electrons. The molecule has 2 saturated carbocycles. The van der Waals surface area contributed by atoms with Crippen molar-refractivity contribution in [2.75, 3.05) is 32.1 Å². The molecule has 0 aliphatic heterocycles. The monoisotopic (exact) mass is 721 g/mol. The van der Waals surface area contributed by atoms with Crippen molar-refractivity contribution >= 4 is 41.9 Å². The SMILES string of the molecule is CC(C)(C)OC(=O)NC1CCC(N)CC1.CC(C)(C)OC(=O)NC1CCC(NS(C)(=O)=O)CC1.CCN(CC)CC.CS(=O)(=O)Cl. The van der Waals surface area contributed by atoms with E-state index >= 15 is 0 Å². The van der Waals surface area contributed by atoms with E-state index in [2.05, 4.69) is 51.7 Å². The van der Waals surface area contributed by atoms with Crippen molar-refractivity contribution in [1.82, 2.24) is 20.3 Å². The van der Waals surface area contributed by atoms with E-state index < -0.39 is 36.4 Å². The number of halogens is 1. The van der Waals surface area contributed by atoms with Crippen LogP contribution in [0.3, 0.4) is 0 Å². The Bertz CT molecular complexity index is 1050. The van der Waals surface area contributed by atoms with Crippen LogP contribution in [0.1, 0.15) is 114 Å². The molecule has 2 amide bonds. The van der Waals surface area contributed by atoms with E-state index in [-0.39, 0.29) is 24.2 Å². The summed E-state index contributed by atoms with van der Waals surface area (Å²) in [4.78, 5) is 25.4. The molecule has 2 rings (SSSR count). The number of amides is 2. The highest BCUT2D eigenvalue weighted by molar-refractivity contribution is 8.13. The normalized spacial score (nSPS) is 22.0. The van der Waals surface area contributed by atoms with Crippen LogP contribution in [-0.4, -0.2) is 101 Å². The average molecular weight is 722 g/mol. The Morgan fingerprint density at radius 2 is 0.978 bits per heavy atom. The minimum absolute atomic E-state index is 0.0216. The number of nitrogens with zero attached hydrogens (tertiary/aromatic N) is 1. The molecule has 2 aliphatic carbocycles. The van der Waals surface area contributed by atoms with Crippen molar-refractivity contribution in [3.05, 3.63) is 0 Å². The lowest BCUT2D eigenvalue weighted by atomic mass is 9.92. The molecule has 13 nitrogen and oxygen atoms in total. The number of carbonyl (C=O) groups is 2. The van der Waals surface area contributed by atoms with E-state index in [9.17, 15) is 26.4 Å². The van der Waals surface area contributed by atoms with Gasteiger partial charge in [0.2, 0.25) is 19.1 Å². The quantitative estimate of drug-likeness (QED) is 0.269. The minimum Gasteiger partial charge on any atom is -0.444 e. The molecule has 0 aromatic rings. The standard InChI is InChI=1S/C12H24N2O4S.C11H22N2O2.C6H15N.CH3ClO2S/c1-12(2,3)18-11(15)13-9-5-7-10(8-6-9)14-19(4,16)17;1-11(2,3)15-10(14)13-9-6-4-8(12)5-7-9;1-4-7(5-2)6-3;1-5(2,3)4/h9-10,14H,5-8H2,1-4H3,(H,13,15);8-9H,4-7,12H2,1-3H3,(H,13,14);4-6H2,1-3H3;1H3. The first kappa shape index (κ1) is 46.7. The Morgan fingerprint density at radius 3 is 1.22 bits per heavy atom. The fraction of sp³-hybridized carbons (Fsp3) is 0.933. The molecular weight excluding hydrogens is 658 g/mol. The first-order valence-corrected chi connectivity index (χ1v) is 20.7. The van der Waals surface area contributed by atoms with Gasteiger partial charge in [-0.1, -0.05) is 20.8 Å². The Balaban J connectivity index is 0. The molecule has 0 saturated heterocycles. The molecule has 2 aliphatic rings. The van der Waals surface area contributed by atoms with Gasteiger partial charge in [-0.25, -0.2) is 31.1 Å². The highest BCUT2D eigenvalue weighted by atomic mass is 35.7. The van der Waals surface area contributed by atoms with E-state index in [4.69, 9.17) is 15.2 Å². The van der Waals surface area contributed by atoms with Crippen LogP contribution < -0.4 is 21.1 Å². The van der Waals surface area contributed by atoms with E-state index in [0.29, 0.717) is 6.04 Å². The summed E-state index contributed by atoms with van der Waals surface area (Å²) in [5.74, 6) is 0. The van der Waals surface area contributed by atoms with Crippen LogP contribution in [0.2, 0.25) is 0 Å². The van der Waals surface area contributed by atoms with Crippen molar-refractivity contribution in [2.24, 2.45) is 5.73 Å². The van der Waals surface area contributed by atoms with Crippen LogP contribution in [0, 0.1) is 0 Å². The second-order valence-corrected chi connectivity index (χ2v) is 18.5. The molecule has 0 heterocycles. The van der Waals surface area contributed by atoms with Crippen LogP contribution in [-0.2, 0) is 28.5 Å². The number of nitrogens with two attached hydrogens (primary N) is 1. The number of ether oxygens (including phenoxy) is 2. The zero-order valence-corrected chi connectivity index (χ0v) is 32.5. The molecule has 2 fully saturated rings. The maximum atomic E-state index is 11.6. The number of hydrogen-bond acceptors (Lipinski definition) is 10. The Hall–Kier alpha value is -1.39. The molecule has 46 heavy (non-hydrogen) atoms. The van der Waals surface area contributed by atoms with Crippen LogP contribution in [0.15, 0.2) is 0 Å². The van der Waals surface area contributed by atoms with Crippen LogP contribution in [0.25, 0.3) is 0 Å². The zero-order chi connectivity index (χ0) is 36.4. The van der Waals surface area contributed by atoms with Crippen molar-refractivity contribution in [3.63, 3.8) is 0 Å². The molecule has 0 bridgehead atoms. The van der Waals surface area contributed by atoms with Crippen LogP contribution in [0.4, 0.5) is 9.59 Å². The molecule has 0 aromatic heterocycles. The summed E-state index contributed by atoms with van der Waals surface area (Å²) in [6.45, 7) is 21.2. The van der Waals surface area contributed by atoms with E-state index in [1.807, 2.05) is 41.5 Å². The molecule has 0 atom stereocenters. The van der Waals surface area contributed by atoms with Crippen molar-refractivity contribution < 1.29 is 35.9 Å². The summed E-state index contributed by atoms with van der Waals surface area (Å²) in [5.41, 5.74) is 4.86. The molecule has 0 spiro atoms. The summed E-state index contributed by atoms with van der Waals surface area (Å²) in [7, 11) is -1.84. The smallest absolute Gasteiger partial charge is 0.407 e. The van der Waals surface area contributed by atoms with Gasteiger partial charge in [-0.3, -0.25) is 0 Å². The maximum Gasteiger partial charge on any atom is 0.407 e. The van der Waals surface area contributed by atoms with Gasteiger partial charge in [0, 0.05) is 34.8 Å². The molecule has 0 unspecified atom stereocenters. The van der Waals surface area contributed by atoms with Gasteiger partial charge in [0.05, 0.1) is 12.5 Å². The summed E-state index contributed by atoms with van der Waals surface area (Å²) in [6, 6.07) is 0.584. The van der Waals surface area contributed by atoms with Crippen LogP contribution >= 0.6 is 10.7 Å². The van der Waals surface area contributed by atoms with Crippen molar-refractivity contribution in [1.29, 1.82) is 0 Å². The van der Waals surface area contributed by atoms with Gasteiger partial charge in [0.15, 0.2) is 0 Å². The summed E-state index contributed by atoms with van der Waals surface area (Å²) in [6.07, 6.45) is 8.23. The van der Waals surface area contributed by atoms with Gasteiger partial charge >= 0.3 is 12.2 Å². The topological polar surface area (TPSA) is 186 Å². The number of rotatable bonds is 7. The molecular formula is C30H64ClN5O8S2. The molecule has 0 radical (unpaired) electrons. The first-order chi connectivity index (χ1) is 20.8. The lowest BCUT2D eigenvalue weighted by Crippen LogP contribution is -2.44. The Morgan fingerprint density at radius 1 is 0.696 bits per heavy atom. The number of hydrogen-bond donors (Lipinski definition) is 4. The highest BCUT2D eigenvalue weighted by Gasteiger charge is 2.26. The summed E-state index contributed by atoms with van der Waals surface area (Å²) in [5, 5.41) is 5.70. The molecule has 5 N–H and O–H groups in total. The Kier molecular flexibility index (Phi) is 22.6. The van der Waals surface area contributed by atoms with Crippen molar-refractivity contribution in [3.8, 4) is 0 Å². The van der Waals surface area contributed by atoms with Gasteiger partial charge in [-0.15, -0.1) is 0 Å². The maximum absolute atomic E-state index is 11.6. The number of carbonyl (C=O) groups excluding carboxylic acids is 2. The predicted molar refractivity (Wildman–Crippen MR) is 187 cm³/mol. The largest absolute Gasteiger partial charge is 0.444 e. The molecule has 0 aromatic carbocycles. The van der Waals surface area contributed by atoms with E-state index in [0.717, 1.165) is 63.9 Å². The third-order valence-corrected chi connectivity index (χ3v) is 7.42. The van der Waals surface area contributed by atoms with Gasteiger partial charge in [-0.2, -0.15) is 0 Å². The minimum atomic E-state index is -3.19. The van der Waals surface area contributed by atoms with Crippen molar-refractivity contribution in [2.45, 2.75) is 149 Å². The van der Waals surface area contributed by atoms with Gasteiger partial charge in [0.25, 0.3) is 0 Å². The fourth-order valence-electron chi connectivity index (χ4n) is 4.54. The van der Waals surface area contributed by atoms with Crippen LogP contribution in [0.5, 0.6) is 0 Å². The fourth-order valence-corrected chi connectivity index (χ4v) is 5.38. The summed E-state index contributed by atoms with van der Waals surface area (Å²) < 4.78 is 54.0. The number of sulfonamides is 1.